The van der Waals surface area contributed by atoms with Crippen molar-refractivity contribution in [2.75, 3.05) is 22.6 Å². The van der Waals surface area contributed by atoms with E-state index in [1.165, 1.54) is 28.4 Å². The van der Waals surface area contributed by atoms with E-state index in [0.717, 1.165) is 37.4 Å². The molecule has 0 radical (unpaired) electrons. The molecule has 0 unspecified atom stereocenters. The zero-order chi connectivity index (χ0) is 20.3. The van der Waals surface area contributed by atoms with Crippen LogP contribution in [0.4, 0.5) is 20.0 Å². The van der Waals surface area contributed by atoms with Gasteiger partial charge < -0.3 is 5.11 Å². The first-order valence-corrected chi connectivity index (χ1v) is 10.9. The molecule has 0 aliphatic heterocycles. The number of thioether (sulfide) groups is 1. The standard InChI is InChI=1S/C18H19ClFN3O3S2/c1-22(17-21-9-15(28-17)27-10-14(24)25)18(26)23(11-5-2-3-6-11)13-8-4-7-12(20)16(13)19/h4,7-9,11H,2-3,5-6,10H2,1H3,(H,24,25). The van der Waals surface area contributed by atoms with Gasteiger partial charge >= 0.3 is 12.0 Å². The summed E-state index contributed by atoms with van der Waals surface area (Å²) in [4.78, 5) is 31.2. The molecule has 2 aromatic rings. The third-order valence-electron chi connectivity index (χ3n) is 4.47. The summed E-state index contributed by atoms with van der Waals surface area (Å²) in [5.74, 6) is -1.57. The average molecular weight is 444 g/mol. The van der Waals surface area contributed by atoms with Gasteiger partial charge in [-0.05, 0) is 25.0 Å². The molecule has 0 atom stereocenters. The summed E-state index contributed by atoms with van der Waals surface area (Å²) in [6.07, 6.45) is 5.19. The van der Waals surface area contributed by atoms with Gasteiger partial charge in [-0.1, -0.05) is 41.8 Å². The maximum Gasteiger partial charge on any atom is 0.330 e. The molecule has 0 spiro atoms. The van der Waals surface area contributed by atoms with E-state index in [-0.39, 0.29) is 22.8 Å². The van der Waals surface area contributed by atoms with E-state index >= 15 is 0 Å². The van der Waals surface area contributed by atoms with Crippen molar-refractivity contribution in [3.63, 3.8) is 0 Å². The molecule has 3 rings (SSSR count). The van der Waals surface area contributed by atoms with Crippen LogP contribution in [0, 0.1) is 5.82 Å². The highest BCUT2D eigenvalue weighted by Gasteiger charge is 2.33. The second-order valence-electron chi connectivity index (χ2n) is 6.37. The Hall–Kier alpha value is -1.84. The summed E-state index contributed by atoms with van der Waals surface area (Å²) in [7, 11) is 1.60. The lowest BCUT2D eigenvalue weighted by Crippen LogP contribution is -2.46. The molecule has 1 aromatic carbocycles. The molecule has 1 aliphatic carbocycles. The number of carbonyl (C=O) groups excluding carboxylic acids is 1. The van der Waals surface area contributed by atoms with Gasteiger partial charge in [0.05, 0.1) is 21.8 Å². The molecule has 10 heteroatoms. The molecular formula is C18H19ClFN3O3S2. The lowest BCUT2D eigenvalue weighted by molar-refractivity contribution is -0.133. The molecule has 2 amide bonds. The Bertz CT molecular complexity index is 874. The van der Waals surface area contributed by atoms with Crippen molar-refractivity contribution in [2.24, 2.45) is 0 Å². The van der Waals surface area contributed by atoms with Crippen LogP contribution in [0.5, 0.6) is 0 Å². The number of aliphatic carboxylic acids is 1. The van der Waals surface area contributed by atoms with Crippen LogP contribution < -0.4 is 9.80 Å². The minimum absolute atomic E-state index is 0.0601. The number of rotatable bonds is 6. The predicted octanol–water partition coefficient (Wildman–Crippen LogP) is 5.12. The summed E-state index contributed by atoms with van der Waals surface area (Å²) >= 11 is 8.56. The normalized spacial score (nSPS) is 14.2. The third kappa shape index (κ3) is 4.59. The predicted molar refractivity (Wildman–Crippen MR) is 110 cm³/mol. The second-order valence-corrected chi connectivity index (χ2v) is 9.03. The topological polar surface area (TPSA) is 73.7 Å². The molecule has 1 saturated carbocycles. The number of aromatic nitrogens is 1. The zero-order valence-corrected chi connectivity index (χ0v) is 17.5. The number of halogens is 2. The van der Waals surface area contributed by atoms with E-state index in [1.54, 1.807) is 24.2 Å². The van der Waals surface area contributed by atoms with E-state index in [2.05, 4.69) is 4.98 Å². The fourth-order valence-corrected chi connectivity index (χ4v) is 5.00. The lowest BCUT2D eigenvalue weighted by atomic mass is 10.2. The van der Waals surface area contributed by atoms with Crippen molar-refractivity contribution in [1.29, 1.82) is 0 Å². The highest BCUT2D eigenvalue weighted by molar-refractivity contribution is 8.01. The molecule has 150 valence electrons. The Morgan fingerprint density at radius 3 is 2.79 bits per heavy atom. The number of hydrogen-bond donors (Lipinski definition) is 1. The maximum absolute atomic E-state index is 14.0. The van der Waals surface area contributed by atoms with Crippen LogP contribution in [0.1, 0.15) is 25.7 Å². The van der Waals surface area contributed by atoms with Crippen LogP contribution in [0.3, 0.4) is 0 Å². The number of carboxylic acids is 1. The Labute approximate surface area is 175 Å². The molecular weight excluding hydrogens is 425 g/mol. The number of amides is 2. The highest BCUT2D eigenvalue weighted by atomic mass is 35.5. The van der Waals surface area contributed by atoms with Crippen molar-refractivity contribution in [2.45, 2.75) is 35.9 Å². The summed E-state index contributed by atoms with van der Waals surface area (Å²) in [6, 6.07) is 4.04. The fourth-order valence-electron chi connectivity index (χ4n) is 3.15. The number of anilines is 2. The first kappa shape index (κ1) is 20.9. The van der Waals surface area contributed by atoms with Crippen LogP contribution in [0.15, 0.2) is 28.6 Å². The second kappa shape index (κ2) is 9.11. The SMILES string of the molecule is CN(C(=O)N(c1cccc(F)c1Cl)C1CCCC1)c1ncc(SCC(=O)O)s1. The highest BCUT2D eigenvalue weighted by Crippen LogP contribution is 2.36. The number of hydrogen-bond acceptors (Lipinski definition) is 5. The molecule has 0 bridgehead atoms. The number of urea groups is 1. The number of carbonyl (C=O) groups is 2. The molecule has 1 aliphatic rings. The molecule has 1 fully saturated rings. The van der Waals surface area contributed by atoms with Crippen LogP contribution in [-0.2, 0) is 4.79 Å². The Kier molecular flexibility index (Phi) is 6.79. The smallest absolute Gasteiger partial charge is 0.330 e. The summed E-state index contributed by atoms with van der Waals surface area (Å²) in [5.41, 5.74) is 0.349. The molecule has 6 nitrogen and oxygen atoms in total. The number of benzene rings is 1. The molecule has 1 N–H and O–H groups in total. The van der Waals surface area contributed by atoms with Gasteiger partial charge in [-0.2, -0.15) is 0 Å². The van der Waals surface area contributed by atoms with E-state index in [0.29, 0.717) is 15.0 Å². The summed E-state index contributed by atoms with van der Waals surface area (Å²) < 4.78 is 14.7. The quantitative estimate of drug-likeness (QED) is 0.627. The molecule has 28 heavy (non-hydrogen) atoms. The van der Waals surface area contributed by atoms with Crippen molar-refractivity contribution in [3.05, 3.63) is 35.2 Å². The summed E-state index contributed by atoms with van der Waals surface area (Å²) in [6.45, 7) is 0. The minimum atomic E-state index is -0.919. The van der Waals surface area contributed by atoms with E-state index in [4.69, 9.17) is 16.7 Å². The number of carboxylic acid groups (broad SMARTS) is 1. The maximum atomic E-state index is 14.0. The van der Waals surface area contributed by atoms with Gasteiger partial charge in [-0.3, -0.25) is 14.6 Å². The van der Waals surface area contributed by atoms with Gasteiger partial charge in [0.2, 0.25) is 0 Å². The molecule has 1 aromatic heterocycles. The third-order valence-corrected chi connectivity index (χ3v) is 7.10. The van der Waals surface area contributed by atoms with Gasteiger partial charge in [0.25, 0.3) is 0 Å². The fraction of sp³-hybridized carbons (Fsp3) is 0.389. The van der Waals surface area contributed by atoms with Crippen LogP contribution in [0.2, 0.25) is 5.02 Å². The van der Waals surface area contributed by atoms with Crippen molar-refractivity contribution in [1.82, 2.24) is 4.98 Å². The Morgan fingerprint density at radius 1 is 1.39 bits per heavy atom. The zero-order valence-electron chi connectivity index (χ0n) is 15.1. The van der Waals surface area contributed by atoms with Gasteiger partial charge in [-0.15, -0.1) is 11.8 Å². The minimum Gasteiger partial charge on any atom is -0.481 e. The van der Waals surface area contributed by atoms with Crippen LogP contribution in [0.25, 0.3) is 0 Å². The largest absolute Gasteiger partial charge is 0.481 e. The first-order valence-electron chi connectivity index (χ1n) is 8.70. The van der Waals surface area contributed by atoms with Gasteiger partial charge in [0.15, 0.2) is 5.13 Å². The lowest BCUT2D eigenvalue weighted by Gasteiger charge is -2.32. The van der Waals surface area contributed by atoms with Crippen molar-refractivity contribution < 1.29 is 19.1 Å². The van der Waals surface area contributed by atoms with Gasteiger partial charge in [-0.25, -0.2) is 14.2 Å². The molecule has 0 saturated heterocycles. The van der Waals surface area contributed by atoms with Crippen molar-refractivity contribution >= 4 is 57.5 Å². The van der Waals surface area contributed by atoms with Gasteiger partial charge in [0, 0.05) is 13.1 Å². The van der Waals surface area contributed by atoms with E-state index in [9.17, 15) is 14.0 Å². The van der Waals surface area contributed by atoms with E-state index in [1.807, 2.05) is 0 Å². The number of thiazole rings is 1. The average Bonchev–Trinajstić information content (AvgIpc) is 3.35. The Balaban J connectivity index is 1.86. The summed E-state index contributed by atoms with van der Waals surface area (Å²) in [5, 5.41) is 9.16. The van der Waals surface area contributed by atoms with Crippen molar-refractivity contribution in [3.8, 4) is 0 Å². The number of nitrogens with zero attached hydrogens (tertiary/aromatic N) is 3. The Morgan fingerprint density at radius 2 is 2.11 bits per heavy atom. The first-order chi connectivity index (χ1) is 13.4. The monoisotopic (exact) mass is 443 g/mol. The van der Waals surface area contributed by atoms with Crippen LogP contribution in [-0.4, -0.2) is 40.9 Å². The van der Waals surface area contributed by atoms with Gasteiger partial charge in [0.1, 0.15) is 10.8 Å². The van der Waals surface area contributed by atoms with E-state index < -0.39 is 11.8 Å². The van der Waals surface area contributed by atoms with Crippen LogP contribution >= 0.6 is 34.7 Å². The molecule has 1 heterocycles.